The highest BCUT2D eigenvalue weighted by Crippen LogP contribution is 2.31. The van der Waals surface area contributed by atoms with Crippen LogP contribution in [0, 0.1) is 0 Å². The summed E-state index contributed by atoms with van der Waals surface area (Å²) in [7, 11) is 1.80. The molecule has 0 atom stereocenters. The number of likely N-dealkylation sites (N-methyl/N-ethyl adjacent to an activating group) is 1. The zero-order chi connectivity index (χ0) is 23.8. The average molecular weight is 539 g/mol. The quantitative estimate of drug-likeness (QED) is 0.373. The summed E-state index contributed by atoms with van der Waals surface area (Å²) in [6, 6.07) is 15.3. The summed E-state index contributed by atoms with van der Waals surface area (Å²) < 4.78 is 8.23. The van der Waals surface area contributed by atoms with Crippen LogP contribution in [0.3, 0.4) is 0 Å². The first-order valence-corrected chi connectivity index (χ1v) is 12.2. The van der Waals surface area contributed by atoms with Gasteiger partial charge < -0.3 is 19.1 Å². The van der Waals surface area contributed by atoms with E-state index in [1.807, 2.05) is 70.3 Å². The summed E-state index contributed by atoms with van der Waals surface area (Å²) in [5.74, 6) is -0.133. The molecule has 2 saturated heterocycles. The van der Waals surface area contributed by atoms with Crippen molar-refractivity contribution in [3.05, 3.63) is 70.5 Å². The van der Waals surface area contributed by atoms with Crippen LogP contribution in [0.2, 0.25) is 0 Å². The number of para-hydroxylation sites is 1. The van der Waals surface area contributed by atoms with Crippen LogP contribution in [0.5, 0.6) is 0 Å². The topological polar surface area (TPSA) is 58.0 Å². The van der Waals surface area contributed by atoms with Gasteiger partial charge >= 0.3 is 0 Å². The van der Waals surface area contributed by atoms with Crippen molar-refractivity contribution >= 4 is 67.7 Å². The van der Waals surface area contributed by atoms with Crippen molar-refractivity contribution < 1.29 is 14.3 Å². The highest BCUT2D eigenvalue weighted by Gasteiger charge is 2.37. The fourth-order valence-electron chi connectivity index (χ4n) is 4.31. The molecule has 0 bridgehead atoms. The fraction of sp³-hybridized carbons (Fsp3) is 0.240. The third-order valence-electron chi connectivity index (χ3n) is 6.11. The Hall–Kier alpha value is -3.01. The number of carbonyl (C=O) groups excluding carboxylic acids is 2. The maximum atomic E-state index is 13.4. The van der Waals surface area contributed by atoms with E-state index < -0.39 is 0 Å². The lowest BCUT2D eigenvalue weighted by atomic mass is 10.1. The number of amides is 2. The zero-order valence-corrected chi connectivity index (χ0v) is 21.0. The summed E-state index contributed by atoms with van der Waals surface area (Å²) in [6.45, 7) is 2.56. The van der Waals surface area contributed by atoms with E-state index in [0.29, 0.717) is 37.1 Å². The summed E-state index contributed by atoms with van der Waals surface area (Å²) in [5, 5.41) is 1.37. The number of rotatable bonds is 4. The van der Waals surface area contributed by atoms with E-state index in [1.54, 1.807) is 11.9 Å². The normalized spacial score (nSPS) is 17.9. The van der Waals surface area contributed by atoms with Crippen molar-refractivity contribution in [1.29, 1.82) is 0 Å². The van der Waals surface area contributed by atoms with E-state index in [4.69, 9.17) is 17.0 Å². The molecule has 0 radical (unpaired) electrons. The van der Waals surface area contributed by atoms with Gasteiger partial charge in [0, 0.05) is 47.3 Å². The van der Waals surface area contributed by atoms with Gasteiger partial charge in [-0.1, -0.05) is 34.1 Å². The second-order valence-corrected chi connectivity index (χ2v) is 9.50. The van der Waals surface area contributed by atoms with Crippen molar-refractivity contribution in [2.45, 2.75) is 6.54 Å². The molecule has 2 fully saturated rings. The molecule has 0 aliphatic carbocycles. The molecule has 0 unspecified atom stereocenters. The van der Waals surface area contributed by atoms with Crippen molar-refractivity contribution in [2.75, 3.05) is 38.3 Å². The number of halogens is 1. The van der Waals surface area contributed by atoms with Gasteiger partial charge in [-0.3, -0.25) is 14.5 Å². The number of hydrogen-bond acceptors (Lipinski definition) is 4. The SMILES string of the molecule is CN1C(=S)N(c2ccccc2)C(=O)C1=Cc1cn(CC(=O)N2CCOCC2)c2ccc(Br)cc12. The smallest absolute Gasteiger partial charge is 0.281 e. The maximum Gasteiger partial charge on any atom is 0.281 e. The minimum Gasteiger partial charge on any atom is -0.378 e. The Bertz CT molecular complexity index is 1310. The number of carbonyl (C=O) groups is 2. The van der Waals surface area contributed by atoms with Gasteiger partial charge in [-0.15, -0.1) is 0 Å². The zero-order valence-electron chi connectivity index (χ0n) is 18.6. The first-order valence-electron chi connectivity index (χ1n) is 11.0. The molecule has 174 valence electrons. The third kappa shape index (κ3) is 4.15. The Kier molecular flexibility index (Phi) is 6.24. The highest BCUT2D eigenvalue weighted by atomic mass is 79.9. The lowest BCUT2D eigenvalue weighted by molar-refractivity contribution is -0.135. The lowest BCUT2D eigenvalue weighted by Gasteiger charge is -2.27. The van der Waals surface area contributed by atoms with Crippen LogP contribution in [0.15, 0.2) is 64.9 Å². The molecule has 2 aliphatic heterocycles. The minimum absolute atomic E-state index is 0.0489. The van der Waals surface area contributed by atoms with Crippen molar-refractivity contribution in [1.82, 2.24) is 14.4 Å². The summed E-state index contributed by atoms with van der Waals surface area (Å²) in [5.41, 5.74) is 2.98. The summed E-state index contributed by atoms with van der Waals surface area (Å²) in [4.78, 5) is 31.4. The molecular formula is C25H23BrN4O3S. The van der Waals surface area contributed by atoms with Crippen LogP contribution in [-0.2, 0) is 20.9 Å². The molecule has 5 rings (SSSR count). The van der Waals surface area contributed by atoms with Crippen LogP contribution in [-0.4, -0.2) is 64.6 Å². The molecule has 0 saturated carbocycles. The first-order chi connectivity index (χ1) is 16.4. The van der Waals surface area contributed by atoms with E-state index in [-0.39, 0.29) is 18.4 Å². The number of benzene rings is 2. The van der Waals surface area contributed by atoms with E-state index in [0.717, 1.165) is 26.6 Å². The first kappa shape index (κ1) is 22.8. The molecule has 34 heavy (non-hydrogen) atoms. The van der Waals surface area contributed by atoms with E-state index in [1.165, 1.54) is 4.90 Å². The molecule has 9 heteroatoms. The number of ether oxygens (including phenoxy) is 1. The number of fused-ring (bicyclic) bond motifs is 1. The van der Waals surface area contributed by atoms with Gasteiger partial charge in [0.25, 0.3) is 5.91 Å². The molecule has 1 aromatic heterocycles. The maximum absolute atomic E-state index is 13.4. The number of aromatic nitrogens is 1. The highest BCUT2D eigenvalue weighted by molar-refractivity contribution is 9.10. The molecule has 7 nitrogen and oxygen atoms in total. The van der Waals surface area contributed by atoms with Gasteiger partial charge in [-0.25, -0.2) is 0 Å². The molecular weight excluding hydrogens is 516 g/mol. The lowest BCUT2D eigenvalue weighted by Crippen LogP contribution is -2.42. The second-order valence-electron chi connectivity index (χ2n) is 8.21. The van der Waals surface area contributed by atoms with E-state index >= 15 is 0 Å². The molecule has 3 heterocycles. The molecule has 2 amide bonds. The largest absolute Gasteiger partial charge is 0.378 e. The summed E-state index contributed by atoms with van der Waals surface area (Å²) >= 11 is 9.13. The average Bonchev–Trinajstić information content (AvgIpc) is 3.29. The molecule has 0 spiro atoms. The van der Waals surface area contributed by atoms with Crippen molar-refractivity contribution in [2.24, 2.45) is 0 Å². The van der Waals surface area contributed by atoms with Crippen LogP contribution in [0.4, 0.5) is 5.69 Å². The summed E-state index contributed by atoms with van der Waals surface area (Å²) in [6.07, 6.45) is 3.78. The van der Waals surface area contributed by atoms with Crippen LogP contribution in [0.25, 0.3) is 17.0 Å². The monoisotopic (exact) mass is 538 g/mol. The van der Waals surface area contributed by atoms with Crippen molar-refractivity contribution in [3.63, 3.8) is 0 Å². The fourth-order valence-corrected chi connectivity index (χ4v) is 4.96. The molecule has 3 aromatic rings. The predicted octanol–water partition coefficient (Wildman–Crippen LogP) is 3.87. The number of thiocarbonyl (C=S) groups is 1. The van der Waals surface area contributed by atoms with Gasteiger partial charge in [-0.2, -0.15) is 0 Å². The Morgan fingerprint density at radius 3 is 2.62 bits per heavy atom. The Morgan fingerprint density at radius 1 is 1.15 bits per heavy atom. The van der Waals surface area contributed by atoms with Crippen LogP contribution >= 0.6 is 28.1 Å². The molecule has 2 aromatic carbocycles. The minimum atomic E-state index is -0.181. The number of morpholine rings is 1. The Labute approximate surface area is 211 Å². The van der Waals surface area contributed by atoms with E-state index in [9.17, 15) is 9.59 Å². The van der Waals surface area contributed by atoms with Gasteiger partial charge in [0.15, 0.2) is 5.11 Å². The Morgan fingerprint density at radius 2 is 1.88 bits per heavy atom. The van der Waals surface area contributed by atoms with E-state index in [2.05, 4.69) is 15.9 Å². The van der Waals surface area contributed by atoms with Crippen molar-refractivity contribution in [3.8, 4) is 0 Å². The number of nitrogens with zero attached hydrogens (tertiary/aromatic N) is 4. The van der Waals surface area contributed by atoms with Gasteiger partial charge in [0.1, 0.15) is 12.2 Å². The van der Waals surface area contributed by atoms with Gasteiger partial charge in [0.05, 0.1) is 18.9 Å². The van der Waals surface area contributed by atoms with Gasteiger partial charge in [0.2, 0.25) is 5.91 Å². The van der Waals surface area contributed by atoms with Gasteiger partial charge in [-0.05, 0) is 48.6 Å². The third-order valence-corrected chi connectivity index (χ3v) is 7.06. The standard InChI is InChI=1S/C25H23BrN4O3S/c1-27-22(24(32)30(25(27)34)19-5-3-2-4-6-19)13-17-15-29(21-8-7-18(26)14-20(17)21)16-23(31)28-9-11-33-12-10-28/h2-8,13-15H,9-12,16H2,1H3. The number of anilines is 1. The predicted molar refractivity (Wildman–Crippen MR) is 139 cm³/mol. The van der Waals surface area contributed by atoms with Crippen LogP contribution in [0.1, 0.15) is 5.56 Å². The second kappa shape index (κ2) is 9.32. The molecule has 0 N–H and O–H groups in total. The Balaban J connectivity index is 1.52. The van der Waals surface area contributed by atoms with Crippen LogP contribution < -0.4 is 4.90 Å². The molecule has 2 aliphatic rings. The number of hydrogen-bond donors (Lipinski definition) is 0.